The molecule has 1 heterocycles. The fourth-order valence-electron chi connectivity index (χ4n) is 2.81. The minimum atomic E-state index is -0.286. The number of anilines is 1. The maximum Gasteiger partial charge on any atom is 0.231 e. The molecule has 1 N–H and O–H groups in total. The van der Waals surface area contributed by atoms with Gasteiger partial charge in [-0.15, -0.1) is 6.58 Å². The van der Waals surface area contributed by atoms with Crippen molar-refractivity contribution in [3.8, 4) is 0 Å². The maximum atomic E-state index is 12.7. The molecule has 0 saturated heterocycles. The number of amides is 1. The predicted octanol–water partition coefficient (Wildman–Crippen LogP) is 4.53. The van der Waals surface area contributed by atoms with E-state index < -0.39 is 0 Å². The highest BCUT2D eigenvalue weighted by Gasteiger charge is 2.17. The van der Waals surface area contributed by atoms with E-state index in [0.29, 0.717) is 6.42 Å². The molecule has 1 amide bonds. The smallest absolute Gasteiger partial charge is 0.231 e. The van der Waals surface area contributed by atoms with Crippen LogP contribution in [0.15, 0.2) is 73.4 Å². The number of benzene rings is 2. The van der Waals surface area contributed by atoms with Crippen molar-refractivity contribution >= 4 is 22.5 Å². The second kappa shape index (κ2) is 7.09. The van der Waals surface area contributed by atoms with Gasteiger partial charge < -0.3 is 5.32 Å². The van der Waals surface area contributed by atoms with E-state index in [0.717, 1.165) is 22.2 Å². The molecule has 0 spiro atoms. The fourth-order valence-corrected chi connectivity index (χ4v) is 2.81. The molecule has 0 aliphatic rings. The standard InChI is InChI=1S/C21H20N2O/c1-3-17(14-16-8-4-7-15(2)13-16)21(24)23-19-11-5-9-18-10-6-12-22-20(18)19/h3-13,17H,1,14H2,2H3,(H,23,24). The van der Waals surface area contributed by atoms with Gasteiger partial charge in [-0.1, -0.05) is 54.1 Å². The fraction of sp³-hybridized carbons (Fsp3) is 0.143. The Hall–Kier alpha value is -2.94. The summed E-state index contributed by atoms with van der Waals surface area (Å²) in [4.78, 5) is 17.0. The van der Waals surface area contributed by atoms with Gasteiger partial charge in [-0.05, 0) is 31.0 Å². The van der Waals surface area contributed by atoms with Gasteiger partial charge in [0.05, 0.1) is 17.1 Å². The van der Waals surface area contributed by atoms with E-state index >= 15 is 0 Å². The van der Waals surface area contributed by atoms with Crippen molar-refractivity contribution in [1.29, 1.82) is 0 Å². The van der Waals surface area contributed by atoms with Crippen LogP contribution in [0.2, 0.25) is 0 Å². The molecule has 3 heteroatoms. The Kier molecular flexibility index (Phi) is 4.71. The van der Waals surface area contributed by atoms with Gasteiger partial charge in [0, 0.05) is 11.6 Å². The largest absolute Gasteiger partial charge is 0.324 e. The zero-order chi connectivity index (χ0) is 16.9. The Labute approximate surface area is 142 Å². The summed E-state index contributed by atoms with van der Waals surface area (Å²) in [5.74, 6) is -0.351. The van der Waals surface area contributed by atoms with Crippen LogP contribution < -0.4 is 5.32 Å². The van der Waals surface area contributed by atoms with E-state index in [9.17, 15) is 4.79 Å². The van der Waals surface area contributed by atoms with Crippen LogP contribution in [0.1, 0.15) is 11.1 Å². The zero-order valence-corrected chi connectivity index (χ0v) is 13.7. The summed E-state index contributed by atoms with van der Waals surface area (Å²) in [7, 11) is 0. The third-order valence-electron chi connectivity index (χ3n) is 4.05. The normalized spacial score (nSPS) is 11.9. The number of nitrogens with zero attached hydrogens (tertiary/aromatic N) is 1. The Bertz CT molecular complexity index is 880. The van der Waals surface area contributed by atoms with Gasteiger partial charge in [-0.3, -0.25) is 9.78 Å². The lowest BCUT2D eigenvalue weighted by Crippen LogP contribution is -2.23. The van der Waals surface area contributed by atoms with Crippen molar-refractivity contribution < 1.29 is 4.79 Å². The highest BCUT2D eigenvalue weighted by molar-refractivity contribution is 6.01. The molecule has 120 valence electrons. The highest BCUT2D eigenvalue weighted by Crippen LogP contribution is 2.22. The average Bonchev–Trinajstić information content (AvgIpc) is 2.60. The highest BCUT2D eigenvalue weighted by atomic mass is 16.1. The second-order valence-electron chi connectivity index (χ2n) is 5.91. The monoisotopic (exact) mass is 316 g/mol. The number of aryl methyl sites for hydroxylation is 1. The number of carbonyl (C=O) groups excluding carboxylic acids is 1. The summed E-state index contributed by atoms with van der Waals surface area (Å²) in [6, 6.07) is 17.8. The van der Waals surface area contributed by atoms with Crippen LogP contribution in [0.5, 0.6) is 0 Å². The lowest BCUT2D eigenvalue weighted by Gasteiger charge is -2.14. The summed E-state index contributed by atoms with van der Waals surface area (Å²) < 4.78 is 0. The molecule has 1 atom stereocenters. The van der Waals surface area contributed by atoms with Crippen LogP contribution in [-0.2, 0) is 11.2 Å². The van der Waals surface area contributed by atoms with E-state index in [1.807, 2.05) is 55.5 Å². The Morgan fingerprint density at radius 1 is 1.21 bits per heavy atom. The topological polar surface area (TPSA) is 42.0 Å². The minimum absolute atomic E-state index is 0.0651. The number of rotatable bonds is 5. The van der Waals surface area contributed by atoms with Crippen LogP contribution in [0.3, 0.4) is 0 Å². The van der Waals surface area contributed by atoms with Gasteiger partial charge in [0.15, 0.2) is 0 Å². The number of aromatic nitrogens is 1. The molecule has 0 fully saturated rings. The maximum absolute atomic E-state index is 12.7. The molecule has 3 rings (SSSR count). The van der Waals surface area contributed by atoms with E-state index in [1.165, 1.54) is 5.56 Å². The van der Waals surface area contributed by atoms with Crippen molar-refractivity contribution in [2.45, 2.75) is 13.3 Å². The predicted molar refractivity (Wildman–Crippen MR) is 98.9 cm³/mol. The summed E-state index contributed by atoms with van der Waals surface area (Å²) in [5, 5.41) is 4.00. The van der Waals surface area contributed by atoms with Gasteiger partial charge in [0.1, 0.15) is 0 Å². The molecule has 3 aromatic rings. The first-order valence-electron chi connectivity index (χ1n) is 8.00. The summed E-state index contributed by atoms with van der Waals surface area (Å²) >= 11 is 0. The van der Waals surface area contributed by atoms with Crippen LogP contribution in [-0.4, -0.2) is 10.9 Å². The number of carbonyl (C=O) groups is 1. The van der Waals surface area contributed by atoms with Crippen LogP contribution in [0, 0.1) is 12.8 Å². The third kappa shape index (κ3) is 3.51. The molecule has 0 saturated carbocycles. The molecule has 0 aliphatic heterocycles. The molecular weight excluding hydrogens is 296 g/mol. The molecular formula is C21H20N2O. The number of nitrogens with one attached hydrogen (secondary N) is 1. The van der Waals surface area contributed by atoms with Gasteiger partial charge in [0.25, 0.3) is 0 Å². The van der Waals surface area contributed by atoms with Gasteiger partial charge in [-0.25, -0.2) is 0 Å². The molecule has 1 aromatic heterocycles. The van der Waals surface area contributed by atoms with Crippen LogP contribution in [0.4, 0.5) is 5.69 Å². The van der Waals surface area contributed by atoms with E-state index in [4.69, 9.17) is 0 Å². The molecule has 3 nitrogen and oxygen atoms in total. The molecule has 2 aromatic carbocycles. The Balaban J connectivity index is 1.80. The lowest BCUT2D eigenvalue weighted by atomic mass is 9.97. The van der Waals surface area contributed by atoms with Crippen molar-refractivity contribution in [1.82, 2.24) is 4.98 Å². The van der Waals surface area contributed by atoms with E-state index in [2.05, 4.69) is 22.9 Å². The molecule has 24 heavy (non-hydrogen) atoms. The number of hydrogen-bond donors (Lipinski definition) is 1. The first-order valence-corrected chi connectivity index (χ1v) is 8.00. The van der Waals surface area contributed by atoms with Crippen LogP contribution >= 0.6 is 0 Å². The molecule has 0 bridgehead atoms. The van der Waals surface area contributed by atoms with Crippen molar-refractivity contribution in [3.05, 3.63) is 84.6 Å². The van der Waals surface area contributed by atoms with Crippen molar-refractivity contribution in [2.24, 2.45) is 5.92 Å². The average molecular weight is 316 g/mol. The lowest BCUT2D eigenvalue weighted by molar-refractivity contribution is -0.118. The van der Waals surface area contributed by atoms with Crippen molar-refractivity contribution in [3.63, 3.8) is 0 Å². The Morgan fingerprint density at radius 2 is 2.00 bits per heavy atom. The third-order valence-corrected chi connectivity index (χ3v) is 4.05. The van der Waals surface area contributed by atoms with E-state index in [1.54, 1.807) is 12.3 Å². The number of para-hydroxylation sites is 1. The zero-order valence-electron chi connectivity index (χ0n) is 13.7. The molecule has 0 radical (unpaired) electrons. The minimum Gasteiger partial charge on any atom is -0.324 e. The van der Waals surface area contributed by atoms with Crippen LogP contribution in [0.25, 0.3) is 10.9 Å². The molecule has 1 unspecified atom stereocenters. The number of fused-ring (bicyclic) bond motifs is 1. The van der Waals surface area contributed by atoms with Gasteiger partial charge in [0.2, 0.25) is 5.91 Å². The second-order valence-corrected chi connectivity index (χ2v) is 5.91. The Morgan fingerprint density at radius 3 is 2.79 bits per heavy atom. The number of pyridine rings is 1. The van der Waals surface area contributed by atoms with Gasteiger partial charge in [-0.2, -0.15) is 0 Å². The first-order chi connectivity index (χ1) is 11.7. The van der Waals surface area contributed by atoms with Crippen molar-refractivity contribution in [2.75, 3.05) is 5.32 Å². The summed E-state index contributed by atoms with van der Waals surface area (Å²) in [6.45, 7) is 5.88. The molecule has 0 aliphatic carbocycles. The summed E-state index contributed by atoms with van der Waals surface area (Å²) in [6.07, 6.45) is 4.07. The van der Waals surface area contributed by atoms with Gasteiger partial charge >= 0.3 is 0 Å². The van der Waals surface area contributed by atoms with E-state index in [-0.39, 0.29) is 11.8 Å². The first kappa shape index (κ1) is 15.9. The quantitative estimate of drug-likeness (QED) is 0.703. The SMILES string of the molecule is C=CC(Cc1cccc(C)c1)C(=O)Nc1cccc2cccnc12. The number of hydrogen-bond acceptors (Lipinski definition) is 2. The summed E-state index contributed by atoms with van der Waals surface area (Å²) in [5.41, 5.74) is 3.85.